The second kappa shape index (κ2) is 5.88. The maximum Gasteiger partial charge on any atom is 0.250 e. The Hall–Kier alpha value is -0.470. The van der Waals surface area contributed by atoms with Crippen molar-refractivity contribution in [3.05, 3.63) is 17.0 Å². The average molecular weight is 305 g/mol. The summed E-state index contributed by atoms with van der Waals surface area (Å²) in [5.41, 5.74) is 0. The summed E-state index contributed by atoms with van der Waals surface area (Å²) in [4.78, 5) is 0.978. The van der Waals surface area contributed by atoms with Gasteiger partial charge in [0.05, 0.1) is 13.2 Å². The molecule has 108 valence electrons. The van der Waals surface area contributed by atoms with Gasteiger partial charge in [-0.3, -0.25) is 0 Å². The summed E-state index contributed by atoms with van der Waals surface area (Å²) in [5, 5.41) is 0. The van der Waals surface area contributed by atoms with Gasteiger partial charge in [0.15, 0.2) is 5.79 Å². The lowest BCUT2D eigenvalue weighted by Crippen LogP contribution is -2.40. The number of sulfonamides is 1. The first-order chi connectivity index (χ1) is 8.91. The zero-order chi connectivity index (χ0) is 13.9. The van der Waals surface area contributed by atoms with Crippen molar-refractivity contribution >= 4 is 21.4 Å². The fourth-order valence-electron chi connectivity index (χ4n) is 1.86. The Kier molecular flexibility index (Phi) is 4.62. The van der Waals surface area contributed by atoms with Crippen LogP contribution in [0.3, 0.4) is 0 Å². The van der Waals surface area contributed by atoms with E-state index < -0.39 is 15.8 Å². The van der Waals surface area contributed by atoms with E-state index in [1.165, 1.54) is 11.3 Å². The van der Waals surface area contributed by atoms with E-state index in [0.29, 0.717) is 30.4 Å². The van der Waals surface area contributed by atoms with Gasteiger partial charge in [-0.25, -0.2) is 13.1 Å². The van der Waals surface area contributed by atoms with Gasteiger partial charge in [-0.05, 0) is 32.4 Å². The van der Waals surface area contributed by atoms with Crippen LogP contribution in [0.5, 0.6) is 0 Å². The van der Waals surface area contributed by atoms with Crippen molar-refractivity contribution in [1.29, 1.82) is 0 Å². The predicted molar refractivity (Wildman–Crippen MR) is 73.8 cm³/mol. The smallest absolute Gasteiger partial charge is 0.250 e. The Morgan fingerprint density at radius 3 is 2.63 bits per heavy atom. The fraction of sp³-hybridized carbons (Fsp3) is 0.667. The van der Waals surface area contributed by atoms with Crippen LogP contribution in [-0.4, -0.2) is 34.0 Å². The Morgan fingerprint density at radius 2 is 2.05 bits per heavy atom. The number of hydrogen-bond acceptors (Lipinski definition) is 5. The van der Waals surface area contributed by atoms with Crippen molar-refractivity contribution in [1.82, 2.24) is 4.72 Å². The first-order valence-corrected chi connectivity index (χ1v) is 8.55. The van der Waals surface area contributed by atoms with Crippen molar-refractivity contribution < 1.29 is 17.9 Å². The van der Waals surface area contributed by atoms with Crippen molar-refractivity contribution in [2.75, 3.05) is 19.8 Å². The molecule has 5 nitrogen and oxygen atoms in total. The van der Waals surface area contributed by atoms with Gasteiger partial charge in [-0.2, -0.15) is 0 Å². The van der Waals surface area contributed by atoms with Gasteiger partial charge in [0.1, 0.15) is 4.21 Å². The maximum absolute atomic E-state index is 12.0. The molecule has 0 unspecified atom stereocenters. The van der Waals surface area contributed by atoms with Crippen LogP contribution in [0.1, 0.15) is 24.6 Å². The third kappa shape index (κ3) is 4.00. The zero-order valence-electron chi connectivity index (χ0n) is 11.1. The van der Waals surface area contributed by atoms with Gasteiger partial charge < -0.3 is 9.47 Å². The molecule has 2 rings (SSSR count). The highest BCUT2D eigenvalue weighted by Gasteiger charge is 2.29. The first-order valence-electron chi connectivity index (χ1n) is 6.25. The highest BCUT2D eigenvalue weighted by Crippen LogP contribution is 2.23. The summed E-state index contributed by atoms with van der Waals surface area (Å²) >= 11 is 1.27. The Bertz CT molecular complexity index is 518. The topological polar surface area (TPSA) is 64.6 Å². The summed E-state index contributed by atoms with van der Waals surface area (Å²) in [7, 11) is -3.41. The zero-order valence-corrected chi connectivity index (χ0v) is 12.8. The van der Waals surface area contributed by atoms with E-state index >= 15 is 0 Å². The highest BCUT2D eigenvalue weighted by atomic mass is 32.2. The van der Waals surface area contributed by atoms with E-state index in [0.717, 1.165) is 11.3 Å². The first kappa shape index (κ1) is 14.9. The second-order valence-corrected chi connectivity index (χ2v) is 7.98. The third-order valence-corrected chi connectivity index (χ3v) is 5.91. The van der Waals surface area contributed by atoms with Crippen LogP contribution >= 0.6 is 11.3 Å². The number of rotatable bonds is 5. The fourth-order valence-corrected chi connectivity index (χ4v) is 4.22. The van der Waals surface area contributed by atoms with Crippen LogP contribution in [0.4, 0.5) is 0 Å². The molecule has 1 N–H and O–H groups in total. The summed E-state index contributed by atoms with van der Waals surface area (Å²) in [6.07, 6.45) is 1.38. The molecular weight excluding hydrogens is 286 g/mol. The van der Waals surface area contributed by atoms with Gasteiger partial charge in [0.25, 0.3) is 0 Å². The molecule has 1 aliphatic heterocycles. The standard InChI is InChI=1S/C12H19NO4S2/c1-10-4-5-11(18-10)19(14,15)13-7-6-12(2)16-8-3-9-17-12/h4-5,13H,3,6-9H2,1-2H3. The van der Waals surface area contributed by atoms with Crippen molar-refractivity contribution in [2.24, 2.45) is 0 Å². The van der Waals surface area contributed by atoms with Gasteiger partial charge in [-0.15, -0.1) is 11.3 Å². The molecule has 0 spiro atoms. The van der Waals surface area contributed by atoms with Gasteiger partial charge >= 0.3 is 0 Å². The van der Waals surface area contributed by atoms with Crippen LogP contribution in [0.25, 0.3) is 0 Å². The van der Waals surface area contributed by atoms with Crippen molar-refractivity contribution in [3.8, 4) is 0 Å². The number of nitrogens with one attached hydrogen (secondary N) is 1. The summed E-state index contributed by atoms with van der Waals surface area (Å²) in [5.74, 6) is -0.674. The minimum absolute atomic E-state index is 0.301. The van der Waals surface area contributed by atoms with E-state index in [-0.39, 0.29) is 0 Å². The summed E-state index contributed by atoms with van der Waals surface area (Å²) in [6, 6.07) is 3.42. The molecule has 1 aromatic rings. The number of hydrogen-bond donors (Lipinski definition) is 1. The molecule has 19 heavy (non-hydrogen) atoms. The molecule has 0 saturated carbocycles. The normalized spacial score (nSPS) is 19.5. The van der Waals surface area contributed by atoms with Gasteiger partial charge in [0.2, 0.25) is 10.0 Å². The second-order valence-electron chi connectivity index (χ2n) is 4.70. The molecule has 0 aliphatic carbocycles. The van der Waals surface area contributed by atoms with Crippen LogP contribution in [0.2, 0.25) is 0 Å². The Balaban J connectivity index is 1.88. The van der Waals surface area contributed by atoms with Crippen LogP contribution in [0, 0.1) is 6.92 Å². The largest absolute Gasteiger partial charge is 0.350 e. The van der Waals surface area contributed by atoms with Crippen LogP contribution in [0.15, 0.2) is 16.3 Å². The molecule has 1 saturated heterocycles. The van der Waals surface area contributed by atoms with Crippen LogP contribution < -0.4 is 4.72 Å². The van der Waals surface area contributed by atoms with Gasteiger partial charge in [0, 0.05) is 17.8 Å². The molecule has 0 aromatic carbocycles. The van der Waals surface area contributed by atoms with E-state index in [2.05, 4.69) is 4.72 Å². The third-order valence-electron chi connectivity index (χ3n) is 2.96. The lowest BCUT2D eigenvalue weighted by molar-refractivity contribution is -0.257. The molecular formula is C12H19NO4S2. The van der Waals surface area contributed by atoms with E-state index in [1.807, 2.05) is 13.8 Å². The molecule has 7 heteroatoms. The summed E-state index contributed by atoms with van der Waals surface area (Å²) in [6.45, 7) is 5.35. The predicted octanol–water partition coefficient (Wildman–Crippen LogP) is 1.88. The van der Waals surface area contributed by atoms with Crippen LogP contribution in [-0.2, 0) is 19.5 Å². The van der Waals surface area contributed by atoms with E-state index in [1.54, 1.807) is 12.1 Å². The van der Waals surface area contributed by atoms with Gasteiger partial charge in [-0.1, -0.05) is 0 Å². The molecule has 0 radical (unpaired) electrons. The minimum atomic E-state index is -3.41. The van der Waals surface area contributed by atoms with Crippen molar-refractivity contribution in [2.45, 2.75) is 36.7 Å². The molecule has 0 atom stereocenters. The lowest BCUT2D eigenvalue weighted by atomic mass is 10.2. The molecule has 0 amide bonds. The molecule has 2 heterocycles. The quantitative estimate of drug-likeness (QED) is 0.902. The maximum atomic E-state index is 12.0. The minimum Gasteiger partial charge on any atom is -0.350 e. The Labute approximate surface area is 118 Å². The molecule has 0 bridgehead atoms. The monoisotopic (exact) mass is 305 g/mol. The number of ether oxygens (including phenoxy) is 2. The lowest BCUT2D eigenvalue weighted by Gasteiger charge is -2.33. The van der Waals surface area contributed by atoms with Crippen molar-refractivity contribution in [3.63, 3.8) is 0 Å². The molecule has 1 fully saturated rings. The average Bonchev–Trinajstić information content (AvgIpc) is 2.77. The number of aryl methyl sites for hydroxylation is 1. The highest BCUT2D eigenvalue weighted by molar-refractivity contribution is 7.91. The molecule has 1 aromatic heterocycles. The van der Waals surface area contributed by atoms with E-state index in [9.17, 15) is 8.42 Å². The van der Waals surface area contributed by atoms with E-state index in [4.69, 9.17) is 9.47 Å². The number of thiophene rings is 1. The summed E-state index contributed by atoms with van der Waals surface area (Å²) < 4.78 is 38.0. The SMILES string of the molecule is Cc1ccc(S(=O)(=O)NCCC2(C)OCCCO2)s1. The Morgan fingerprint density at radius 1 is 1.37 bits per heavy atom. The molecule has 1 aliphatic rings.